The van der Waals surface area contributed by atoms with Gasteiger partial charge in [-0.25, -0.2) is 0 Å². The lowest BCUT2D eigenvalue weighted by atomic mass is 10.2. The van der Waals surface area contributed by atoms with Crippen LogP contribution in [0.4, 0.5) is 0 Å². The summed E-state index contributed by atoms with van der Waals surface area (Å²) in [6.45, 7) is 1.68. The zero-order valence-electron chi connectivity index (χ0n) is 11.5. The second kappa shape index (κ2) is 15.7. The summed E-state index contributed by atoms with van der Waals surface area (Å²) in [4.78, 5) is 0. The molecule has 0 aromatic heterocycles. The topological polar surface area (TPSA) is 77.4 Å². The average molecular weight is 335 g/mol. The highest BCUT2D eigenvalue weighted by Crippen LogP contribution is 2.06. The second-order valence-electron chi connectivity index (χ2n) is 3.79. The van der Waals surface area contributed by atoms with E-state index in [0.29, 0.717) is 38.2 Å². The van der Waals surface area contributed by atoms with Gasteiger partial charge in [0.25, 0.3) is 0 Å². The first-order chi connectivity index (χ1) is 9.79. The maximum absolute atomic E-state index is 9.35. The zero-order valence-corrected chi connectivity index (χ0v) is 13.0. The molecule has 0 spiro atoms. The van der Waals surface area contributed by atoms with Crippen LogP contribution in [0.25, 0.3) is 0 Å². The van der Waals surface area contributed by atoms with Crippen molar-refractivity contribution >= 4 is 23.2 Å². The molecule has 8 heteroatoms. The molecule has 0 aliphatic carbocycles. The van der Waals surface area contributed by atoms with Crippen LogP contribution in [0, 0.1) is 0 Å². The van der Waals surface area contributed by atoms with E-state index >= 15 is 0 Å². The molecule has 0 rings (SSSR count). The largest absolute Gasteiger partial charge is 0.394 e. The summed E-state index contributed by atoms with van der Waals surface area (Å²) in [5, 5.41) is 17.9. The number of aliphatic hydroxyl groups is 2. The van der Waals surface area contributed by atoms with E-state index in [2.05, 4.69) is 0 Å². The van der Waals surface area contributed by atoms with Crippen molar-refractivity contribution in [3.63, 3.8) is 0 Å². The number of alkyl halides is 2. The molecule has 0 fully saturated rings. The fraction of sp³-hybridized carbons (Fsp3) is 1.00. The highest BCUT2D eigenvalue weighted by Gasteiger charge is 2.22. The van der Waals surface area contributed by atoms with Crippen molar-refractivity contribution in [2.75, 3.05) is 64.6 Å². The normalized spacial score (nSPS) is 14.4. The molecule has 20 heavy (non-hydrogen) atoms. The molecule has 2 unspecified atom stereocenters. The van der Waals surface area contributed by atoms with Gasteiger partial charge in [0.1, 0.15) is 12.2 Å². The van der Waals surface area contributed by atoms with Gasteiger partial charge in [-0.1, -0.05) is 0 Å². The molecule has 0 aromatic carbocycles. The third-order valence-corrected chi connectivity index (χ3v) is 2.61. The first-order valence-corrected chi connectivity index (χ1v) is 7.59. The van der Waals surface area contributed by atoms with E-state index in [-0.39, 0.29) is 26.4 Å². The summed E-state index contributed by atoms with van der Waals surface area (Å²) in [5.41, 5.74) is 0. The Morgan fingerprint density at radius 1 is 0.750 bits per heavy atom. The Bertz CT molecular complexity index is 199. The van der Waals surface area contributed by atoms with Gasteiger partial charge in [-0.3, -0.25) is 0 Å². The number of aliphatic hydroxyl groups excluding tert-OH is 2. The van der Waals surface area contributed by atoms with Gasteiger partial charge in [0.15, 0.2) is 0 Å². The van der Waals surface area contributed by atoms with Gasteiger partial charge < -0.3 is 29.2 Å². The van der Waals surface area contributed by atoms with Crippen LogP contribution < -0.4 is 0 Å². The highest BCUT2D eigenvalue weighted by atomic mass is 35.5. The van der Waals surface area contributed by atoms with Crippen molar-refractivity contribution in [2.24, 2.45) is 0 Å². The molecule has 0 aromatic rings. The highest BCUT2D eigenvalue weighted by molar-refractivity contribution is 6.18. The fourth-order valence-electron chi connectivity index (χ4n) is 1.42. The molecule has 0 aliphatic rings. The van der Waals surface area contributed by atoms with Crippen molar-refractivity contribution in [2.45, 2.75) is 12.2 Å². The Morgan fingerprint density at radius 3 is 2.05 bits per heavy atom. The third-order valence-electron chi connectivity index (χ3n) is 2.30. The minimum Gasteiger partial charge on any atom is -0.394 e. The summed E-state index contributed by atoms with van der Waals surface area (Å²) in [5.74, 6) is 0.742. The van der Waals surface area contributed by atoms with Gasteiger partial charge >= 0.3 is 0 Å². The molecule has 0 saturated carbocycles. The SMILES string of the molecule is OCCOCCOC(CO)C(COCCCl)OCCCl. The minimum absolute atomic E-state index is 0.0306. The van der Waals surface area contributed by atoms with E-state index in [1.54, 1.807) is 0 Å². The molecule has 2 atom stereocenters. The number of halogens is 2. The van der Waals surface area contributed by atoms with Crippen LogP contribution >= 0.6 is 23.2 Å². The Morgan fingerprint density at radius 2 is 1.45 bits per heavy atom. The van der Waals surface area contributed by atoms with E-state index in [1.807, 2.05) is 0 Å². The molecular formula is C12H24Cl2O6. The smallest absolute Gasteiger partial charge is 0.109 e. The monoisotopic (exact) mass is 334 g/mol. The lowest BCUT2D eigenvalue weighted by Crippen LogP contribution is -2.39. The standard InChI is InChI=1S/C12H24Cl2O6/c13-1-4-18-10-12(19-5-2-14)11(9-16)20-8-7-17-6-3-15/h11-12,15-16H,1-10H2. The predicted molar refractivity (Wildman–Crippen MR) is 76.7 cm³/mol. The lowest BCUT2D eigenvalue weighted by Gasteiger charge is -2.25. The van der Waals surface area contributed by atoms with Crippen LogP contribution in [-0.2, 0) is 18.9 Å². The minimum atomic E-state index is -0.522. The zero-order chi connectivity index (χ0) is 15.1. The van der Waals surface area contributed by atoms with Crippen molar-refractivity contribution in [3.05, 3.63) is 0 Å². The number of rotatable bonds is 15. The van der Waals surface area contributed by atoms with Crippen LogP contribution in [-0.4, -0.2) is 87.0 Å². The number of hydrogen-bond donors (Lipinski definition) is 2. The van der Waals surface area contributed by atoms with E-state index < -0.39 is 12.2 Å². The maximum atomic E-state index is 9.35. The van der Waals surface area contributed by atoms with Crippen LogP contribution in [0.1, 0.15) is 0 Å². The fourth-order valence-corrected chi connectivity index (χ4v) is 1.61. The van der Waals surface area contributed by atoms with Gasteiger partial charge in [-0.2, -0.15) is 0 Å². The number of hydrogen-bond acceptors (Lipinski definition) is 6. The lowest BCUT2D eigenvalue weighted by molar-refractivity contribution is -0.122. The summed E-state index contributed by atoms with van der Waals surface area (Å²) in [7, 11) is 0. The Kier molecular flexibility index (Phi) is 16.0. The molecule has 2 N–H and O–H groups in total. The van der Waals surface area contributed by atoms with Crippen molar-refractivity contribution in [1.29, 1.82) is 0 Å². The first kappa shape index (κ1) is 20.3. The van der Waals surface area contributed by atoms with Gasteiger partial charge in [-0.15, -0.1) is 23.2 Å². The van der Waals surface area contributed by atoms with Gasteiger partial charge in [0.05, 0.1) is 52.9 Å². The third kappa shape index (κ3) is 11.0. The molecular weight excluding hydrogens is 311 g/mol. The van der Waals surface area contributed by atoms with E-state index in [0.717, 1.165) is 0 Å². The Balaban J connectivity index is 4.03. The van der Waals surface area contributed by atoms with Crippen LogP contribution in [0.5, 0.6) is 0 Å². The van der Waals surface area contributed by atoms with Gasteiger partial charge in [-0.05, 0) is 0 Å². The maximum Gasteiger partial charge on any atom is 0.109 e. The summed E-state index contributed by atoms with van der Waals surface area (Å²) < 4.78 is 21.4. The van der Waals surface area contributed by atoms with Gasteiger partial charge in [0, 0.05) is 11.8 Å². The molecule has 122 valence electrons. The molecule has 0 saturated heterocycles. The van der Waals surface area contributed by atoms with E-state index in [1.165, 1.54) is 0 Å². The van der Waals surface area contributed by atoms with Crippen molar-refractivity contribution < 1.29 is 29.2 Å². The van der Waals surface area contributed by atoms with Crippen molar-refractivity contribution in [1.82, 2.24) is 0 Å². The van der Waals surface area contributed by atoms with Crippen LogP contribution in [0.15, 0.2) is 0 Å². The van der Waals surface area contributed by atoms with E-state index in [4.69, 9.17) is 47.3 Å². The average Bonchev–Trinajstić information content (AvgIpc) is 2.47. The molecule has 0 heterocycles. The second-order valence-corrected chi connectivity index (χ2v) is 4.55. The summed E-state index contributed by atoms with van der Waals surface area (Å²) >= 11 is 11.1. The summed E-state index contributed by atoms with van der Waals surface area (Å²) in [6.07, 6.45) is -0.939. The van der Waals surface area contributed by atoms with Crippen LogP contribution in [0.2, 0.25) is 0 Å². The summed E-state index contributed by atoms with van der Waals surface area (Å²) in [6, 6.07) is 0. The quantitative estimate of drug-likeness (QED) is 0.330. The Hall–Kier alpha value is 0.340. The first-order valence-electron chi connectivity index (χ1n) is 6.52. The molecule has 0 radical (unpaired) electrons. The molecule has 0 amide bonds. The molecule has 0 bridgehead atoms. The van der Waals surface area contributed by atoms with Crippen molar-refractivity contribution in [3.8, 4) is 0 Å². The Labute approximate surface area is 129 Å². The van der Waals surface area contributed by atoms with Gasteiger partial charge in [0.2, 0.25) is 0 Å². The van der Waals surface area contributed by atoms with Crippen LogP contribution in [0.3, 0.4) is 0 Å². The molecule has 6 nitrogen and oxygen atoms in total. The molecule has 0 aliphatic heterocycles. The predicted octanol–water partition coefficient (Wildman–Crippen LogP) is 0.252. The number of ether oxygens (including phenoxy) is 4. The van der Waals surface area contributed by atoms with E-state index in [9.17, 15) is 5.11 Å².